The zero-order valence-electron chi connectivity index (χ0n) is 25.8. The van der Waals surface area contributed by atoms with Crippen LogP contribution in [0.5, 0.6) is 0 Å². The van der Waals surface area contributed by atoms with Crippen LogP contribution in [-0.4, -0.2) is 21.8 Å². The van der Waals surface area contributed by atoms with E-state index in [1.54, 1.807) is 6.20 Å². The van der Waals surface area contributed by atoms with Gasteiger partial charge in [0.2, 0.25) is 0 Å². The maximum atomic E-state index is 13.9. The first-order chi connectivity index (χ1) is 18.6. The molecule has 40 heavy (non-hydrogen) atoms. The minimum atomic E-state index is -0.607. The second-order valence-electron chi connectivity index (χ2n) is 16.4. The number of nitrogens with zero attached hydrogens (tertiary/aromatic N) is 1. The van der Waals surface area contributed by atoms with Gasteiger partial charge in [-0.1, -0.05) is 66.2 Å². The average molecular weight is 544 g/mol. The fraction of sp³-hybridized carbons (Fsp3) is 0.694. The largest absolute Gasteiger partial charge is 0.481 e. The molecule has 0 amide bonds. The lowest BCUT2D eigenvalue weighted by Gasteiger charge is -2.70. The predicted octanol–water partition coefficient (Wildman–Crippen LogP) is 8.53. The Morgan fingerprint density at radius 2 is 1.73 bits per heavy atom. The number of aromatic nitrogens is 1. The summed E-state index contributed by atoms with van der Waals surface area (Å²) in [5, 5.41) is 10.6. The minimum absolute atomic E-state index is 0.00331. The number of ketones is 1. The van der Waals surface area contributed by atoms with E-state index in [9.17, 15) is 14.7 Å². The lowest BCUT2D eigenvalue weighted by Crippen LogP contribution is -2.65. The first kappa shape index (κ1) is 27.9. The van der Waals surface area contributed by atoms with Gasteiger partial charge in [0, 0.05) is 17.8 Å². The van der Waals surface area contributed by atoms with Crippen molar-refractivity contribution in [2.75, 3.05) is 0 Å². The fourth-order valence-corrected chi connectivity index (χ4v) is 11.3. The van der Waals surface area contributed by atoms with Crippen LogP contribution in [0.25, 0.3) is 6.08 Å². The average Bonchev–Trinajstić information content (AvgIpc) is 2.87. The van der Waals surface area contributed by atoms with Gasteiger partial charge in [-0.25, -0.2) is 0 Å². The Kier molecular flexibility index (Phi) is 6.03. The van der Waals surface area contributed by atoms with Gasteiger partial charge in [-0.3, -0.25) is 14.6 Å². The molecule has 6 rings (SSSR count). The minimum Gasteiger partial charge on any atom is -0.481 e. The number of carboxylic acids is 1. The molecule has 4 saturated carbocycles. The molecule has 1 aromatic heterocycles. The van der Waals surface area contributed by atoms with Crippen molar-refractivity contribution >= 4 is 17.8 Å². The van der Waals surface area contributed by atoms with Gasteiger partial charge in [0.15, 0.2) is 5.78 Å². The number of carboxylic acid groups (broad SMARTS) is 1. The number of hydrogen-bond donors (Lipinski definition) is 1. The van der Waals surface area contributed by atoms with Gasteiger partial charge in [-0.2, -0.15) is 0 Å². The molecule has 4 fully saturated rings. The molecule has 7 atom stereocenters. The zero-order valence-corrected chi connectivity index (χ0v) is 25.8. The maximum absolute atomic E-state index is 13.9. The van der Waals surface area contributed by atoms with Crippen molar-refractivity contribution < 1.29 is 14.7 Å². The molecular formula is C36H49NO3. The van der Waals surface area contributed by atoms with Gasteiger partial charge >= 0.3 is 5.97 Å². The van der Waals surface area contributed by atoms with E-state index in [1.165, 1.54) is 5.57 Å². The van der Waals surface area contributed by atoms with Crippen molar-refractivity contribution in [1.29, 1.82) is 0 Å². The monoisotopic (exact) mass is 543 g/mol. The molecule has 1 heterocycles. The molecule has 0 aromatic carbocycles. The Labute approximate surface area is 241 Å². The smallest absolute Gasteiger partial charge is 0.310 e. The highest BCUT2D eigenvalue weighted by atomic mass is 16.4. The summed E-state index contributed by atoms with van der Waals surface area (Å²) in [6.45, 7) is 16.6. The van der Waals surface area contributed by atoms with Gasteiger partial charge in [0.1, 0.15) is 0 Å². The van der Waals surface area contributed by atoms with Gasteiger partial charge in [-0.05, 0) is 120 Å². The van der Waals surface area contributed by atoms with Crippen LogP contribution in [0.4, 0.5) is 0 Å². The summed E-state index contributed by atoms with van der Waals surface area (Å²) in [4.78, 5) is 31.2. The first-order valence-electron chi connectivity index (χ1n) is 15.7. The number of rotatable bonds is 2. The molecule has 0 bridgehead atoms. The lowest BCUT2D eigenvalue weighted by molar-refractivity contribution is -0.184. The van der Waals surface area contributed by atoms with E-state index in [4.69, 9.17) is 0 Å². The van der Waals surface area contributed by atoms with E-state index >= 15 is 0 Å². The zero-order chi connectivity index (χ0) is 28.9. The topological polar surface area (TPSA) is 67.3 Å². The first-order valence-corrected chi connectivity index (χ1v) is 15.7. The van der Waals surface area contributed by atoms with Crippen LogP contribution < -0.4 is 0 Å². The van der Waals surface area contributed by atoms with E-state index in [2.05, 4.69) is 65.6 Å². The van der Waals surface area contributed by atoms with Crippen molar-refractivity contribution in [2.45, 2.75) is 106 Å². The Bertz CT molecular complexity index is 1310. The van der Waals surface area contributed by atoms with E-state index in [1.807, 2.05) is 18.3 Å². The predicted molar refractivity (Wildman–Crippen MR) is 159 cm³/mol. The molecule has 1 N–H and O–H groups in total. The van der Waals surface area contributed by atoms with Crippen molar-refractivity contribution in [3.05, 3.63) is 47.3 Å². The van der Waals surface area contributed by atoms with Crippen LogP contribution in [0, 0.1) is 50.2 Å². The maximum Gasteiger partial charge on any atom is 0.310 e. The van der Waals surface area contributed by atoms with E-state index < -0.39 is 16.8 Å². The molecule has 0 aliphatic heterocycles. The Hall–Kier alpha value is -2.23. The molecule has 1 aromatic rings. The van der Waals surface area contributed by atoms with E-state index in [0.717, 1.165) is 68.9 Å². The second kappa shape index (κ2) is 8.65. The third-order valence-corrected chi connectivity index (χ3v) is 13.7. The Balaban J connectivity index is 1.45. The summed E-state index contributed by atoms with van der Waals surface area (Å²) < 4.78 is 0. The van der Waals surface area contributed by atoms with Gasteiger partial charge in [-0.15, -0.1) is 0 Å². The SMILES string of the molecule is CC1(C)CC[C@]2(C(=O)O)CC[C@]3(C)C(=CC[C@@H]4[C@@]5(C)C/C(=C/c6cccnc6)C(=O)C(C)(C)[C@@H]5CC[C@]43C)[C@@H]2C1. The van der Waals surface area contributed by atoms with Gasteiger partial charge in [0.25, 0.3) is 0 Å². The van der Waals surface area contributed by atoms with Crippen molar-refractivity contribution in [3.63, 3.8) is 0 Å². The number of aliphatic carboxylic acids is 1. The number of allylic oxidation sites excluding steroid dienone is 3. The molecule has 0 unspecified atom stereocenters. The second-order valence-corrected chi connectivity index (χ2v) is 16.4. The van der Waals surface area contributed by atoms with Crippen molar-refractivity contribution in [3.8, 4) is 0 Å². The molecule has 0 spiro atoms. The van der Waals surface area contributed by atoms with E-state index in [0.29, 0.717) is 17.6 Å². The van der Waals surface area contributed by atoms with Crippen LogP contribution in [0.15, 0.2) is 41.7 Å². The third kappa shape index (κ3) is 3.59. The molecular weight excluding hydrogens is 494 g/mol. The summed E-state index contributed by atoms with van der Waals surface area (Å²) in [6.07, 6.45) is 16.7. The third-order valence-electron chi connectivity index (χ3n) is 13.7. The fourth-order valence-electron chi connectivity index (χ4n) is 11.3. The molecule has 5 aliphatic carbocycles. The highest BCUT2D eigenvalue weighted by molar-refractivity contribution is 6.04. The summed E-state index contributed by atoms with van der Waals surface area (Å²) in [7, 11) is 0. The number of fused-ring (bicyclic) bond motifs is 7. The van der Waals surface area contributed by atoms with Crippen LogP contribution in [-0.2, 0) is 9.59 Å². The van der Waals surface area contributed by atoms with Crippen LogP contribution >= 0.6 is 0 Å². The Morgan fingerprint density at radius 1 is 1.00 bits per heavy atom. The number of hydrogen-bond acceptors (Lipinski definition) is 3. The molecule has 0 radical (unpaired) electrons. The molecule has 5 aliphatic rings. The summed E-state index contributed by atoms with van der Waals surface area (Å²) in [6, 6.07) is 3.98. The van der Waals surface area contributed by atoms with Crippen LogP contribution in [0.1, 0.15) is 112 Å². The standard InChI is InChI=1S/C36H49NO3/c1-31(2)14-16-36(30(39)40)17-15-34(6)25(26(36)21-31)10-11-28-33(5)20-24(19-23-9-8-18-37-22-23)29(38)32(3,4)27(33)12-13-35(28,34)7/h8-10,18-19,22,26-28H,11-17,20-21H2,1-7H3,(H,39,40)/b24-19-/t26-,27-,28+,33-,34+,35+,36-/m0/s1. The van der Waals surface area contributed by atoms with Crippen molar-refractivity contribution in [2.24, 2.45) is 50.2 Å². The van der Waals surface area contributed by atoms with E-state index in [-0.39, 0.29) is 27.6 Å². The number of carbonyl (C=O) groups is 2. The highest BCUT2D eigenvalue weighted by Crippen LogP contribution is 2.75. The van der Waals surface area contributed by atoms with Crippen LogP contribution in [0.2, 0.25) is 0 Å². The molecule has 216 valence electrons. The number of Topliss-reactive ketones (excluding diaryl/α,β-unsaturated/α-hetero) is 1. The summed E-state index contributed by atoms with van der Waals surface area (Å²) in [5.74, 6) is 0.642. The van der Waals surface area contributed by atoms with Gasteiger partial charge < -0.3 is 5.11 Å². The van der Waals surface area contributed by atoms with Gasteiger partial charge in [0.05, 0.1) is 5.41 Å². The summed E-state index contributed by atoms with van der Waals surface area (Å²) in [5.41, 5.74) is 2.62. The molecule has 4 nitrogen and oxygen atoms in total. The quantitative estimate of drug-likeness (QED) is 0.300. The normalized spacial score (nSPS) is 44.5. The number of pyridine rings is 1. The lowest BCUT2D eigenvalue weighted by atomic mass is 9.33. The molecule has 0 saturated heterocycles. The number of carbonyl (C=O) groups excluding carboxylic acids is 1. The van der Waals surface area contributed by atoms with Crippen molar-refractivity contribution in [1.82, 2.24) is 4.98 Å². The molecule has 4 heteroatoms. The van der Waals surface area contributed by atoms with Crippen LogP contribution in [0.3, 0.4) is 0 Å². The highest BCUT2D eigenvalue weighted by Gasteiger charge is 2.69. The summed E-state index contributed by atoms with van der Waals surface area (Å²) >= 11 is 0. The Morgan fingerprint density at radius 3 is 2.40 bits per heavy atom.